The Morgan fingerprint density at radius 2 is 1.96 bits per heavy atom. The molecule has 0 saturated carbocycles. The molecule has 3 heterocycles. The average molecular weight is 796 g/mol. The third kappa shape index (κ3) is 6.77. The van der Waals surface area contributed by atoms with Crippen molar-refractivity contribution in [1.82, 2.24) is 19.3 Å². The number of halogens is 2. The van der Waals surface area contributed by atoms with Gasteiger partial charge in [-0.05, 0) is 80.6 Å². The number of nitrogens with zero attached hydrogens (tertiary/aromatic N) is 6. The fourth-order valence-corrected chi connectivity index (χ4v) is 8.17. The number of hydrogen-bond donors (Lipinski definition) is 0. The number of ether oxygens (including phenoxy) is 2. The highest BCUT2D eigenvalue weighted by molar-refractivity contribution is 9.10. The van der Waals surface area contributed by atoms with Crippen LogP contribution in [0, 0.1) is 10.1 Å². The van der Waals surface area contributed by atoms with E-state index in [-0.39, 0.29) is 22.4 Å². The second kappa shape index (κ2) is 14.7. The SMILES string of the molecule is CCOC(=O)C1=C(C)N=c2s/c(=C\c3cc([N+](=O)[O-])ccc3Sc3nnc(-c4cccc(Cl)c4)n3CC)c(=O)n2[C@H]1c1cc(Br)ccc1OC. The lowest BCUT2D eigenvalue weighted by Crippen LogP contribution is -2.40. The number of esters is 1. The summed E-state index contributed by atoms with van der Waals surface area (Å²) in [4.78, 5) is 44.7. The first-order chi connectivity index (χ1) is 24.0. The minimum absolute atomic E-state index is 0.127. The average Bonchev–Trinajstić information content (AvgIpc) is 3.64. The monoisotopic (exact) mass is 794 g/mol. The molecular weight excluding hydrogens is 768 g/mol. The Kier molecular flexibility index (Phi) is 10.4. The number of nitro groups is 1. The number of rotatable bonds is 10. The van der Waals surface area contributed by atoms with E-state index in [2.05, 4.69) is 31.1 Å². The highest BCUT2D eigenvalue weighted by Crippen LogP contribution is 2.38. The van der Waals surface area contributed by atoms with Gasteiger partial charge in [-0.3, -0.25) is 19.5 Å². The first-order valence-corrected chi connectivity index (χ1v) is 18.0. The zero-order chi connectivity index (χ0) is 35.7. The Balaban J connectivity index is 1.52. The van der Waals surface area contributed by atoms with Crippen molar-refractivity contribution in [3.8, 4) is 17.1 Å². The van der Waals surface area contributed by atoms with Gasteiger partial charge in [0.15, 0.2) is 15.8 Å². The smallest absolute Gasteiger partial charge is 0.338 e. The summed E-state index contributed by atoms with van der Waals surface area (Å²) in [7, 11) is 1.51. The lowest BCUT2D eigenvalue weighted by atomic mass is 9.95. The molecule has 16 heteroatoms. The highest BCUT2D eigenvalue weighted by Gasteiger charge is 2.35. The zero-order valence-electron chi connectivity index (χ0n) is 27.0. The summed E-state index contributed by atoms with van der Waals surface area (Å²) in [6.45, 7) is 6.02. The van der Waals surface area contributed by atoms with Gasteiger partial charge in [0.05, 0.1) is 34.4 Å². The van der Waals surface area contributed by atoms with E-state index < -0.39 is 22.5 Å². The summed E-state index contributed by atoms with van der Waals surface area (Å²) in [6.07, 6.45) is 1.60. The summed E-state index contributed by atoms with van der Waals surface area (Å²) < 4.78 is 15.4. The van der Waals surface area contributed by atoms with Crippen molar-refractivity contribution in [1.29, 1.82) is 0 Å². The third-order valence-electron chi connectivity index (χ3n) is 7.81. The van der Waals surface area contributed by atoms with E-state index in [9.17, 15) is 19.7 Å². The molecule has 0 spiro atoms. The maximum atomic E-state index is 14.4. The number of non-ortho nitro benzene ring substituents is 1. The predicted molar refractivity (Wildman–Crippen MR) is 194 cm³/mol. The fourth-order valence-electron chi connectivity index (χ4n) is 5.59. The lowest BCUT2D eigenvalue weighted by molar-refractivity contribution is -0.384. The summed E-state index contributed by atoms with van der Waals surface area (Å²) >= 11 is 12.1. The van der Waals surface area contributed by atoms with Gasteiger partial charge in [-0.2, -0.15) is 0 Å². The van der Waals surface area contributed by atoms with Crippen molar-refractivity contribution in [3.05, 3.63) is 122 Å². The van der Waals surface area contributed by atoms with Gasteiger partial charge in [0.1, 0.15) is 11.8 Å². The van der Waals surface area contributed by atoms with E-state index in [0.29, 0.717) is 59.3 Å². The number of benzene rings is 3. The number of carbonyl (C=O) groups is 1. The van der Waals surface area contributed by atoms with Crippen molar-refractivity contribution >= 4 is 68.4 Å². The third-order valence-corrected chi connectivity index (χ3v) is 10.6. The van der Waals surface area contributed by atoms with E-state index in [0.717, 1.165) is 16.9 Å². The van der Waals surface area contributed by atoms with E-state index in [4.69, 9.17) is 21.1 Å². The molecular formula is C34H28BrClN6O6S2. The van der Waals surface area contributed by atoms with Crippen molar-refractivity contribution in [2.24, 2.45) is 4.99 Å². The Labute approximate surface area is 307 Å². The normalized spacial score (nSPS) is 14.4. The minimum atomic E-state index is -0.924. The molecule has 1 aliphatic rings. The zero-order valence-corrected chi connectivity index (χ0v) is 31.0. The van der Waals surface area contributed by atoms with Crippen LogP contribution in [-0.4, -0.2) is 43.9 Å². The van der Waals surface area contributed by atoms with Crippen LogP contribution in [0.3, 0.4) is 0 Å². The highest BCUT2D eigenvalue weighted by atomic mass is 79.9. The van der Waals surface area contributed by atoms with Crippen molar-refractivity contribution in [2.45, 2.75) is 43.4 Å². The van der Waals surface area contributed by atoms with Crippen molar-refractivity contribution in [2.75, 3.05) is 13.7 Å². The minimum Gasteiger partial charge on any atom is -0.496 e. The van der Waals surface area contributed by atoms with E-state index in [1.807, 2.05) is 23.6 Å². The molecule has 3 aromatic carbocycles. The van der Waals surface area contributed by atoms with Gasteiger partial charge in [0, 0.05) is 44.2 Å². The maximum absolute atomic E-state index is 14.4. The van der Waals surface area contributed by atoms with Crippen LogP contribution in [-0.2, 0) is 16.1 Å². The Hall–Kier alpha value is -4.57. The molecule has 0 bridgehead atoms. The van der Waals surface area contributed by atoms with Gasteiger partial charge < -0.3 is 14.0 Å². The summed E-state index contributed by atoms with van der Waals surface area (Å²) in [5.41, 5.74) is 1.75. The molecule has 0 radical (unpaired) electrons. The first-order valence-electron chi connectivity index (χ1n) is 15.2. The number of thiazole rings is 1. The molecule has 0 aliphatic carbocycles. The van der Waals surface area contributed by atoms with Gasteiger partial charge in [-0.15, -0.1) is 10.2 Å². The van der Waals surface area contributed by atoms with Gasteiger partial charge in [-0.1, -0.05) is 51.0 Å². The molecule has 50 heavy (non-hydrogen) atoms. The summed E-state index contributed by atoms with van der Waals surface area (Å²) in [5.74, 6) is 0.466. The van der Waals surface area contributed by atoms with E-state index in [1.165, 1.54) is 35.6 Å². The number of allylic oxidation sites excluding steroid dienone is 1. The van der Waals surface area contributed by atoms with Gasteiger partial charge in [-0.25, -0.2) is 9.79 Å². The Morgan fingerprint density at radius 3 is 2.66 bits per heavy atom. The molecule has 0 fully saturated rings. The molecule has 12 nitrogen and oxygen atoms in total. The van der Waals surface area contributed by atoms with E-state index >= 15 is 0 Å². The molecule has 2 aromatic heterocycles. The summed E-state index contributed by atoms with van der Waals surface area (Å²) in [6, 6.07) is 16.1. The molecule has 6 rings (SSSR count). The van der Waals surface area contributed by atoms with Crippen molar-refractivity contribution in [3.63, 3.8) is 0 Å². The van der Waals surface area contributed by atoms with Crippen molar-refractivity contribution < 1.29 is 19.2 Å². The standard InChI is InChI=1S/C34H28BrClN6O6S2/c1-5-40-30(19-8-7-9-22(36)14-19)38-39-34(40)49-26-13-11-23(42(45)46)15-20(26)16-27-31(43)41-29(24-17-21(35)10-12-25(24)47-4)28(32(44)48-6-2)18(3)37-33(41)50-27/h7-17,29H,5-6H2,1-4H3/b27-16-/t29-/m0/s1. The van der Waals surface area contributed by atoms with Gasteiger partial charge in [0.25, 0.3) is 11.2 Å². The van der Waals surface area contributed by atoms with Gasteiger partial charge >= 0.3 is 5.97 Å². The van der Waals surface area contributed by atoms with Crippen LogP contribution in [0.15, 0.2) is 96.2 Å². The van der Waals surface area contributed by atoms with E-state index in [1.54, 1.807) is 56.3 Å². The maximum Gasteiger partial charge on any atom is 0.338 e. The second-order valence-electron chi connectivity index (χ2n) is 10.8. The number of aromatic nitrogens is 4. The van der Waals surface area contributed by atoms with Crippen LogP contribution >= 0.6 is 50.6 Å². The topological polar surface area (TPSA) is 144 Å². The summed E-state index contributed by atoms with van der Waals surface area (Å²) in [5, 5.41) is 21.8. The van der Waals surface area contributed by atoms with Gasteiger partial charge in [0.2, 0.25) is 0 Å². The first kappa shape index (κ1) is 35.3. The number of methoxy groups -OCH3 is 1. The Morgan fingerprint density at radius 1 is 1.16 bits per heavy atom. The lowest BCUT2D eigenvalue weighted by Gasteiger charge is -2.26. The van der Waals surface area contributed by atoms with Crippen LogP contribution in [0.1, 0.15) is 37.9 Å². The number of carbonyl (C=O) groups excluding carboxylic acids is 1. The van der Waals surface area contributed by atoms with Crippen LogP contribution in [0.25, 0.3) is 17.5 Å². The quantitative estimate of drug-likeness (QED) is 0.0873. The van der Waals surface area contributed by atoms with Crippen LogP contribution in [0.5, 0.6) is 5.75 Å². The largest absolute Gasteiger partial charge is 0.496 e. The second-order valence-corrected chi connectivity index (χ2v) is 14.2. The number of fused-ring (bicyclic) bond motifs is 1. The van der Waals surface area contributed by atoms with Crippen LogP contribution in [0.2, 0.25) is 5.02 Å². The molecule has 0 unspecified atom stereocenters. The van der Waals surface area contributed by atoms with Crippen LogP contribution < -0.4 is 19.6 Å². The Bertz CT molecular complexity index is 2390. The predicted octanol–water partition coefficient (Wildman–Crippen LogP) is 6.56. The molecule has 0 amide bonds. The molecule has 5 aromatic rings. The molecule has 0 N–H and O–H groups in total. The van der Waals surface area contributed by atoms with Crippen LogP contribution in [0.4, 0.5) is 5.69 Å². The fraction of sp³-hybridized carbons (Fsp3) is 0.206. The molecule has 1 aliphatic heterocycles. The number of nitro benzene ring substituents is 1. The molecule has 256 valence electrons. The number of hydrogen-bond acceptors (Lipinski definition) is 11. The molecule has 0 saturated heterocycles. The molecule has 1 atom stereocenters.